The molecule has 0 saturated carbocycles. The maximum Gasteiger partial charge on any atom is 0.187 e. The molecule has 7 nitrogen and oxygen atoms in total. The average molecular weight is 387 g/mol. The van der Waals surface area contributed by atoms with E-state index in [9.17, 15) is 0 Å². The van der Waals surface area contributed by atoms with Gasteiger partial charge in [-0.05, 0) is 53.0 Å². The standard InChI is InChI=1S/C16H15BrN6O/c1-8(2)24-12-4-10-6-18-5-9(10)3-11(12)21-15-13-14(17)22-23-16(13)20-7-19-15/h3-5,7-8H,6H2,1-2H3,(H2,19,20,21,22,23). The molecule has 1 aliphatic rings. The van der Waals surface area contributed by atoms with Crippen LogP contribution in [0.3, 0.4) is 0 Å². The number of anilines is 2. The zero-order valence-corrected chi connectivity index (χ0v) is 14.8. The molecule has 24 heavy (non-hydrogen) atoms. The molecule has 0 saturated heterocycles. The van der Waals surface area contributed by atoms with Gasteiger partial charge in [0.1, 0.15) is 22.5 Å². The number of H-pyrrole nitrogens is 1. The third-order valence-corrected chi connectivity index (χ3v) is 4.23. The fourth-order valence-corrected chi connectivity index (χ4v) is 3.08. The number of fused-ring (bicyclic) bond motifs is 2. The zero-order chi connectivity index (χ0) is 16.7. The molecular formula is C16H15BrN6O. The monoisotopic (exact) mass is 386 g/mol. The Balaban J connectivity index is 1.80. The molecule has 0 atom stereocenters. The van der Waals surface area contributed by atoms with Crippen molar-refractivity contribution in [2.24, 2.45) is 4.99 Å². The maximum absolute atomic E-state index is 5.97. The van der Waals surface area contributed by atoms with Gasteiger partial charge in [-0.3, -0.25) is 10.1 Å². The molecule has 0 amide bonds. The second-order valence-corrected chi connectivity index (χ2v) is 6.56. The predicted octanol–water partition coefficient (Wildman–Crippen LogP) is 3.58. The summed E-state index contributed by atoms with van der Waals surface area (Å²) < 4.78 is 6.70. The van der Waals surface area contributed by atoms with E-state index < -0.39 is 0 Å². The first-order valence-corrected chi connectivity index (χ1v) is 8.36. The highest BCUT2D eigenvalue weighted by Gasteiger charge is 2.17. The number of nitrogens with one attached hydrogen (secondary N) is 2. The highest BCUT2D eigenvalue weighted by Crippen LogP contribution is 2.35. The number of hydrogen-bond donors (Lipinski definition) is 2. The summed E-state index contributed by atoms with van der Waals surface area (Å²) in [5.41, 5.74) is 3.68. The van der Waals surface area contributed by atoms with E-state index in [1.807, 2.05) is 32.2 Å². The van der Waals surface area contributed by atoms with E-state index >= 15 is 0 Å². The number of ether oxygens (including phenoxy) is 1. The van der Waals surface area contributed by atoms with Gasteiger partial charge in [0.05, 0.1) is 23.7 Å². The van der Waals surface area contributed by atoms with Crippen LogP contribution in [0.15, 0.2) is 28.1 Å². The van der Waals surface area contributed by atoms with E-state index in [4.69, 9.17) is 4.74 Å². The van der Waals surface area contributed by atoms with Crippen LogP contribution in [0.25, 0.3) is 11.0 Å². The number of aromatic nitrogens is 4. The molecule has 0 radical (unpaired) electrons. The molecule has 0 aliphatic carbocycles. The minimum Gasteiger partial charge on any atom is -0.489 e. The van der Waals surface area contributed by atoms with Gasteiger partial charge in [-0.2, -0.15) is 5.10 Å². The van der Waals surface area contributed by atoms with E-state index in [0.717, 1.165) is 32.6 Å². The Kier molecular flexibility index (Phi) is 3.68. The van der Waals surface area contributed by atoms with Crippen LogP contribution in [0.5, 0.6) is 5.75 Å². The fraction of sp³-hybridized carbons (Fsp3) is 0.250. The second-order valence-electron chi connectivity index (χ2n) is 5.77. The van der Waals surface area contributed by atoms with Crippen molar-refractivity contribution in [1.29, 1.82) is 0 Å². The summed E-state index contributed by atoms with van der Waals surface area (Å²) >= 11 is 3.45. The normalized spacial score (nSPS) is 12.8. The molecule has 0 bridgehead atoms. The van der Waals surface area contributed by atoms with Gasteiger partial charge in [-0.1, -0.05) is 0 Å². The lowest BCUT2D eigenvalue weighted by molar-refractivity contribution is 0.243. The summed E-state index contributed by atoms with van der Waals surface area (Å²) in [5, 5.41) is 11.1. The van der Waals surface area contributed by atoms with Gasteiger partial charge in [-0.15, -0.1) is 0 Å². The molecule has 3 heterocycles. The molecule has 0 spiro atoms. The molecule has 2 N–H and O–H groups in total. The summed E-state index contributed by atoms with van der Waals surface area (Å²) in [5.74, 6) is 1.43. The van der Waals surface area contributed by atoms with Crippen molar-refractivity contribution >= 4 is 44.7 Å². The van der Waals surface area contributed by atoms with Gasteiger partial charge in [0.2, 0.25) is 0 Å². The Morgan fingerprint density at radius 3 is 3.00 bits per heavy atom. The Morgan fingerprint density at radius 1 is 1.29 bits per heavy atom. The van der Waals surface area contributed by atoms with Gasteiger partial charge in [0, 0.05) is 6.21 Å². The van der Waals surface area contributed by atoms with Crippen molar-refractivity contribution in [3.05, 3.63) is 34.2 Å². The number of aromatic amines is 1. The summed E-state index contributed by atoms with van der Waals surface area (Å²) in [6.45, 7) is 4.70. The van der Waals surface area contributed by atoms with Crippen LogP contribution in [-0.2, 0) is 6.54 Å². The third kappa shape index (κ3) is 2.62. The Morgan fingerprint density at radius 2 is 2.17 bits per heavy atom. The first kappa shape index (κ1) is 15.1. The van der Waals surface area contributed by atoms with Crippen molar-refractivity contribution < 1.29 is 4.74 Å². The second kappa shape index (κ2) is 5.86. The number of benzene rings is 1. The Bertz CT molecular complexity index is 949. The van der Waals surface area contributed by atoms with Gasteiger partial charge in [-0.25, -0.2) is 9.97 Å². The topological polar surface area (TPSA) is 88.1 Å². The molecule has 0 unspecified atom stereocenters. The Hall–Kier alpha value is -2.48. The van der Waals surface area contributed by atoms with Crippen LogP contribution in [0, 0.1) is 0 Å². The first-order chi connectivity index (χ1) is 11.6. The SMILES string of the molecule is CC(C)Oc1cc2c(cc1Nc1ncnc3n[nH]c(Br)c13)C=NC2. The lowest BCUT2D eigenvalue weighted by Gasteiger charge is -2.17. The van der Waals surface area contributed by atoms with Crippen molar-refractivity contribution in [1.82, 2.24) is 20.2 Å². The molecule has 1 aliphatic heterocycles. The van der Waals surface area contributed by atoms with E-state index in [-0.39, 0.29) is 6.10 Å². The molecular weight excluding hydrogens is 372 g/mol. The van der Waals surface area contributed by atoms with Gasteiger partial charge >= 0.3 is 0 Å². The van der Waals surface area contributed by atoms with E-state index in [1.165, 1.54) is 6.33 Å². The van der Waals surface area contributed by atoms with Crippen molar-refractivity contribution in [2.75, 3.05) is 5.32 Å². The first-order valence-electron chi connectivity index (χ1n) is 7.57. The minimum absolute atomic E-state index is 0.0667. The van der Waals surface area contributed by atoms with Gasteiger partial charge in [0.25, 0.3) is 0 Å². The summed E-state index contributed by atoms with van der Waals surface area (Å²) in [4.78, 5) is 12.8. The predicted molar refractivity (Wildman–Crippen MR) is 96.2 cm³/mol. The number of nitrogens with zero attached hydrogens (tertiary/aromatic N) is 4. The van der Waals surface area contributed by atoms with E-state index in [1.54, 1.807) is 0 Å². The van der Waals surface area contributed by atoms with Crippen LogP contribution < -0.4 is 10.1 Å². The lowest BCUT2D eigenvalue weighted by Crippen LogP contribution is -2.08. The van der Waals surface area contributed by atoms with E-state index in [0.29, 0.717) is 18.0 Å². The number of halogens is 1. The molecule has 1 aromatic carbocycles. The smallest absolute Gasteiger partial charge is 0.187 e. The van der Waals surface area contributed by atoms with Crippen LogP contribution in [-0.4, -0.2) is 32.5 Å². The van der Waals surface area contributed by atoms with Crippen LogP contribution >= 0.6 is 15.9 Å². The summed E-state index contributed by atoms with van der Waals surface area (Å²) in [7, 11) is 0. The number of aliphatic imine (C=N–C) groups is 1. The molecule has 8 heteroatoms. The van der Waals surface area contributed by atoms with Crippen LogP contribution in [0.1, 0.15) is 25.0 Å². The fourth-order valence-electron chi connectivity index (χ4n) is 2.63. The van der Waals surface area contributed by atoms with E-state index in [2.05, 4.69) is 46.4 Å². The molecule has 0 fully saturated rings. The van der Waals surface area contributed by atoms with Gasteiger partial charge < -0.3 is 10.1 Å². The molecule has 2 aromatic heterocycles. The minimum atomic E-state index is 0.0667. The molecule has 3 aromatic rings. The Labute approximate surface area is 146 Å². The lowest BCUT2D eigenvalue weighted by atomic mass is 10.1. The molecule has 122 valence electrons. The third-order valence-electron chi connectivity index (χ3n) is 3.66. The largest absolute Gasteiger partial charge is 0.489 e. The van der Waals surface area contributed by atoms with Crippen LogP contribution in [0.4, 0.5) is 11.5 Å². The van der Waals surface area contributed by atoms with Crippen LogP contribution in [0.2, 0.25) is 0 Å². The highest BCUT2D eigenvalue weighted by molar-refractivity contribution is 9.10. The number of rotatable bonds is 4. The average Bonchev–Trinajstić information content (AvgIpc) is 3.14. The zero-order valence-electron chi connectivity index (χ0n) is 13.2. The van der Waals surface area contributed by atoms with Crippen molar-refractivity contribution in [3.8, 4) is 5.75 Å². The summed E-state index contributed by atoms with van der Waals surface area (Å²) in [6, 6.07) is 4.07. The number of hydrogen-bond acceptors (Lipinski definition) is 6. The highest BCUT2D eigenvalue weighted by atomic mass is 79.9. The summed E-state index contributed by atoms with van der Waals surface area (Å²) in [6.07, 6.45) is 3.43. The molecule has 4 rings (SSSR count). The quantitative estimate of drug-likeness (QED) is 0.715. The van der Waals surface area contributed by atoms with Crippen molar-refractivity contribution in [3.63, 3.8) is 0 Å². The van der Waals surface area contributed by atoms with Crippen molar-refractivity contribution in [2.45, 2.75) is 26.5 Å². The van der Waals surface area contributed by atoms with Gasteiger partial charge in [0.15, 0.2) is 5.65 Å². The maximum atomic E-state index is 5.97.